The van der Waals surface area contributed by atoms with Crippen LogP contribution in [0.25, 0.3) is 17.2 Å². The van der Waals surface area contributed by atoms with Crippen LogP contribution >= 0.6 is 0 Å². The van der Waals surface area contributed by atoms with E-state index >= 15 is 0 Å². The molecule has 1 nitrogen and oxygen atoms in total. The van der Waals surface area contributed by atoms with Crippen LogP contribution in [-0.2, 0) is 19.0 Å². The van der Waals surface area contributed by atoms with E-state index < -0.39 is 52.3 Å². The molecule has 0 spiro atoms. The Hall–Kier alpha value is -3.36. The summed E-state index contributed by atoms with van der Waals surface area (Å²) in [5.74, 6) is -7.15. The lowest BCUT2D eigenvalue weighted by molar-refractivity contribution is -0.189. The van der Waals surface area contributed by atoms with Crippen molar-refractivity contribution >= 4 is 6.08 Å². The predicted octanol–water partition coefficient (Wildman–Crippen LogP) is 8.79. The van der Waals surface area contributed by atoms with Crippen LogP contribution in [0.1, 0.15) is 42.0 Å². The highest BCUT2D eigenvalue weighted by molar-refractivity contribution is 5.66. The van der Waals surface area contributed by atoms with E-state index in [0.29, 0.717) is 11.5 Å². The lowest BCUT2D eigenvalue weighted by Gasteiger charge is -2.20. The molecule has 9 heteroatoms. The van der Waals surface area contributed by atoms with E-state index in [2.05, 4.69) is 11.7 Å². The SMILES string of the molecule is CCCC1Cc2ccc(-c3cc(F)c(C(F)(F)Oc4cc(F)c(C=C(F)F)c(F)c4)c(F)c3)cc2C1. The Morgan fingerprint density at radius 1 is 0.861 bits per heavy atom. The van der Waals surface area contributed by atoms with Gasteiger partial charge in [0.1, 0.15) is 34.6 Å². The van der Waals surface area contributed by atoms with Gasteiger partial charge in [0.25, 0.3) is 6.08 Å². The third kappa shape index (κ3) is 5.24. The summed E-state index contributed by atoms with van der Waals surface area (Å²) in [6, 6.07) is 7.20. The predicted molar refractivity (Wildman–Crippen MR) is 119 cm³/mol. The standard InChI is InChI=1S/C27H20F8O/c1-2-3-14-6-15-4-5-16(8-17(15)7-14)18-9-23(30)26(24(31)10-18)27(34,35)36-19-11-21(28)20(13-25(32)33)22(29)12-19/h4-5,8-14H,2-3,6-7H2,1H3. The van der Waals surface area contributed by atoms with Crippen molar-refractivity contribution in [1.29, 1.82) is 0 Å². The Morgan fingerprint density at radius 3 is 2.06 bits per heavy atom. The van der Waals surface area contributed by atoms with Crippen LogP contribution in [0.15, 0.2) is 48.5 Å². The monoisotopic (exact) mass is 512 g/mol. The number of ether oxygens (including phenoxy) is 1. The van der Waals surface area contributed by atoms with Gasteiger partial charge in [-0.1, -0.05) is 38.0 Å². The van der Waals surface area contributed by atoms with E-state index in [1.807, 2.05) is 6.07 Å². The average molecular weight is 512 g/mol. The maximum Gasteiger partial charge on any atom is 0.432 e. The lowest BCUT2D eigenvalue weighted by Crippen LogP contribution is -2.25. The van der Waals surface area contributed by atoms with Crippen molar-refractivity contribution in [3.05, 3.63) is 94.1 Å². The molecular formula is C27H20F8O. The highest BCUT2D eigenvalue weighted by Gasteiger charge is 2.41. The van der Waals surface area contributed by atoms with E-state index in [-0.39, 0.29) is 23.8 Å². The summed E-state index contributed by atoms with van der Waals surface area (Å²) in [6.45, 7) is 2.09. The van der Waals surface area contributed by atoms with E-state index in [1.165, 1.54) is 0 Å². The third-order valence-electron chi connectivity index (χ3n) is 6.14. The van der Waals surface area contributed by atoms with Crippen molar-refractivity contribution in [1.82, 2.24) is 0 Å². The summed E-state index contributed by atoms with van der Waals surface area (Å²) in [5, 5.41) is 0. The van der Waals surface area contributed by atoms with Crippen LogP contribution in [-0.4, -0.2) is 0 Å². The third-order valence-corrected chi connectivity index (χ3v) is 6.14. The molecule has 0 aromatic heterocycles. The smallest absolute Gasteiger partial charge is 0.429 e. The molecule has 4 rings (SSSR count). The summed E-state index contributed by atoms with van der Waals surface area (Å²) in [4.78, 5) is 0. The van der Waals surface area contributed by atoms with E-state index in [4.69, 9.17) is 0 Å². The molecule has 0 N–H and O–H groups in total. The van der Waals surface area contributed by atoms with E-state index in [1.54, 1.807) is 12.1 Å². The van der Waals surface area contributed by atoms with Crippen molar-refractivity contribution < 1.29 is 39.9 Å². The van der Waals surface area contributed by atoms with E-state index in [0.717, 1.165) is 48.9 Å². The Labute approximate surface area is 202 Å². The number of fused-ring (bicyclic) bond motifs is 1. The normalized spacial score (nSPS) is 15.1. The summed E-state index contributed by atoms with van der Waals surface area (Å²) in [6.07, 6.45) is -3.39. The first-order valence-electron chi connectivity index (χ1n) is 11.2. The van der Waals surface area contributed by atoms with Crippen LogP contribution in [0, 0.1) is 29.2 Å². The van der Waals surface area contributed by atoms with Crippen LogP contribution < -0.4 is 4.74 Å². The molecule has 0 aliphatic heterocycles. The molecule has 3 aromatic carbocycles. The summed E-state index contributed by atoms with van der Waals surface area (Å²) < 4.78 is 116. The minimum absolute atomic E-state index is 0.0350. The van der Waals surface area contributed by atoms with Gasteiger partial charge in [0.15, 0.2) is 0 Å². The number of rotatable bonds is 7. The molecule has 3 aromatic rings. The van der Waals surface area contributed by atoms with Gasteiger partial charge in [-0.05, 0) is 53.1 Å². The zero-order valence-electron chi connectivity index (χ0n) is 19.0. The summed E-state index contributed by atoms with van der Waals surface area (Å²) in [5.41, 5.74) is -0.262. The van der Waals surface area contributed by atoms with Crippen molar-refractivity contribution in [2.24, 2.45) is 5.92 Å². The second-order valence-electron chi connectivity index (χ2n) is 8.71. The second kappa shape index (κ2) is 9.95. The molecule has 0 fully saturated rings. The molecule has 0 radical (unpaired) electrons. The average Bonchev–Trinajstić information content (AvgIpc) is 3.17. The van der Waals surface area contributed by atoms with Crippen LogP contribution in [0.5, 0.6) is 5.75 Å². The first-order valence-corrected chi connectivity index (χ1v) is 11.2. The molecule has 0 heterocycles. The quantitative estimate of drug-likeness (QED) is 0.288. The Bertz CT molecular complexity index is 1280. The minimum Gasteiger partial charge on any atom is -0.429 e. The van der Waals surface area contributed by atoms with Gasteiger partial charge in [0.05, 0.1) is 5.56 Å². The fourth-order valence-corrected chi connectivity index (χ4v) is 4.59. The highest BCUT2D eigenvalue weighted by atomic mass is 19.3. The van der Waals surface area contributed by atoms with Gasteiger partial charge in [-0.15, -0.1) is 0 Å². The molecule has 0 saturated heterocycles. The van der Waals surface area contributed by atoms with Crippen LogP contribution in [0.2, 0.25) is 0 Å². The first kappa shape index (κ1) is 25.7. The molecule has 1 aliphatic rings. The molecule has 0 amide bonds. The summed E-state index contributed by atoms with van der Waals surface area (Å²) in [7, 11) is 0. The minimum atomic E-state index is -4.67. The fourth-order valence-electron chi connectivity index (χ4n) is 4.59. The molecule has 36 heavy (non-hydrogen) atoms. The van der Waals surface area contributed by atoms with Gasteiger partial charge in [-0.2, -0.15) is 17.6 Å². The van der Waals surface area contributed by atoms with Crippen LogP contribution in [0.3, 0.4) is 0 Å². The molecule has 1 atom stereocenters. The van der Waals surface area contributed by atoms with Gasteiger partial charge < -0.3 is 4.74 Å². The molecule has 1 unspecified atom stereocenters. The number of hydrogen-bond acceptors (Lipinski definition) is 1. The molecule has 190 valence electrons. The van der Waals surface area contributed by atoms with Crippen molar-refractivity contribution in [3.63, 3.8) is 0 Å². The molecule has 0 bridgehead atoms. The van der Waals surface area contributed by atoms with Gasteiger partial charge in [-0.3, -0.25) is 0 Å². The molecular weight excluding hydrogens is 492 g/mol. The molecule has 0 saturated carbocycles. The Balaban J connectivity index is 1.62. The summed E-state index contributed by atoms with van der Waals surface area (Å²) >= 11 is 0. The van der Waals surface area contributed by atoms with Gasteiger partial charge in [-0.25, -0.2) is 17.6 Å². The van der Waals surface area contributed by atoms with Crippen molar-refractivity contribution in [3.8, 4) is 16.9 Å². The number of benzene rings is 3. The second-order valence-corrected chi connectivity index (χ2v) is 8.71. The molecule has 1 aliphatic carbocycles. The number of hydrogen-bond donors (Lipinski definition) is 0. The topological polar surface area (TPSA) is 9.23 Å². The zero-order chi connectivity index (χ0) is 26.2. The van der Waals surface area contributed by atoms with Gasteiger partial charge in [0.2, 0.25) is 0 Å². The Morgan fingerprint density at radius 2 is 1.47 bits per heavy atom. The van der Waals surface area contributed by atoms with Gasteiger partial charge in [0, 0.05) is 18.2 Å². The van der Waals surface area contributed by atoms with Crippen molar-refractivity contribution in [2.75, 3.05) is 0 Å². The maximum atomic E-state index is 14.8. The lowest BCUT2D eigenvalue weighted by atomic mass is 9.98. The highest BCUT2D eigenvalue weighted by Crippen LogP contribution is 2.39. The number of halogens is 8. The fraction of sp³-hybridized carbons (Fsp3) is 0.259. The zero-order valence-corrected chi connectivity index (χ0v) is 19.0. The number of alkyl halides is 2. The van der Waals surface area contributed by atoms with Crippen LogP contribution in [0.4, 0.5) is 35.1 Å². The van der Waals surface area contributed by atoms with Crippen molar-refractivity contribution in [2.45, 2.75) is 38.7 Å². The van der Waals surface area contributed by atoms with Gasteiger partial charge >= 0.3 is 6.11 Å². The first-order chi connectivity index (χ1) is 17.0. The van der Waals surface area contributed by atoms with E-state index in [9.17, 15) is 35.1 Å². The Kier molecular flexibility index (Phi) is 7.11. The largest absolute Gasteiger partial charge is 0.432 e. The maximum absolute atomic E-state index is 14.8.